The van der Waals surface area contributed by atoms with Crippen LogP contribution in [0.1, 0.15) is 37.5 Å². The van der Waals surface area contributed by atoms with Crippen LogP contribution in [0.15, 0.2) is 54.6 Å². The molecule has 2 rings (SSSR count). The average Bonchev–Trinajstić information content (AvgIpc) is 2.47. The van der Waals surface area contributed by atoms with E-state index in [1.54, 1.807) is 0 Å². The molecular formula is C21H28N+. The fourth-order valence-corrected chi connectivity index (χ4v) is 3.14. The van der Waals surface area contributed by atoms with Crippen LogP contribution in [-0.2, 0) is 10.8 Å². The number of benzene rings is 2. The molecule has 0 aliphatic heterocycles. The number of rotatable bonds is 5. The van der Waals surface area contributed by atoms with Gasteiger partial charge >= 0.3 is 0 Å². The van der Waals surface area contributed by atoms with Gasteiger partial charge in [-0.25, -0.2) is 0 Å². The predicted molar refractivity (Wildman–Crippen MR) is 96.3 cm³/mol. The van der Waals surface area contributed by atoms with Gasteiger partial charge in [0.25, 0.3) is 0 Å². The molecule has 1 unspecified atom stereocenters. The lowest BCUT2D eigenvalue weighted by atomic mass is 9.76. The van der Waals surface area contributed by atoms with Crippen LogP contribution < -0.4 is 0 Å². The third-order valence-corrected chi connectivity index (χ3v) is 4.43. The van der Waals surface area contributed by atoms with E-state index in [0.29, 0.717) is 0 Å². The first-order valence-electron chi connectivity index (χ1n) is 7.90. The predicted octanol–water partition coefficient (Wildman–Crippen LogP) is 4.67. The molecule has 2 aromatic carbocycles. The highest BCUT2D eigenvalue weighted by atomic mass is 15.1. The average molecular weight is 294 g/mol. The maximum Gasteiger partial charge on any atom is 0.152 e. The molecule has 1 atom stereocenters. The van der Waals surface area contributed by atoms with Crippen molar-refractivity contribution in [3.8, 4) is 0 Å². The van der Waals surface area contributed by atoms with Crippen molar-refractivity contribution < 1.29 is 0 Å². The molecule has 0 heterocycles. The monoisotopic (exact) mass is 294 g/mol. The van der Waals surface area contributed by atoms with Crippen molar-refractivity contribution in [2.45, 2.75) is 31.6 Å². The summed E-state index contributed by atoms with van der Waals surface area (Å²) in [5.74, 6) is 0. The molecule has 116 valence electrons. The van der Waals surface area contributed by atoms with Gasteiger partial charge in [-0.05, 0) is 26.6 Å². The summed E-state index contributed by atoms with van der Waals surface area (Å²) in [5, 5.41) is 0. The van der Waals surface area contributed by atoms with E-state index >= 15 is 0 Å². The molecule has 0 spiro atoms. The van der Waals surface area contributed by atoms with Crippen molar-refractivity contribution in [3.63, 3.8) is 0 Å². The van der Waals surface area contributed by atoms with Crippen molar-refractivity contribution in [1.82, 2.24) is 4.90 Å². The van der Waals surface area contributed by atoms with Crippen LogP contribution >= 0.6 is 0 Å². The van der Waals surface area contributed by atoms with E-state index in [1.807, 2.05) is 6.07 Å². The number of likely N-dealkylation sites (N-methyl/N-ethyl adjacent to an activating group) is 1. The first-order chi connectivity index (χ1) is 10.2. The van der Waals surface area contributed by atoms with E-state index in [-0.39, 0.29) is 10.8 Å². The number of hydrogen-bond acceptors (Lipinski definition) is 1. The largest absolute Gasteiger partial charge is 0.309 e. The molecule has 1 nitrogen and oxygen atoms in total. The zero-order valence-electron chi connectivity index (χ0n) is 14.6. The summed E-state index contributed by atoms with van der Waals surface area (Å²) in [6.45, 7) is 12.2. The standard InChI is InChI=1S/C21H28N/c1-20(2,16-22(5)6)17-12-14-19(15-13-17)21(3,4)18-10-8-7-9-11-18/h7-15H,3,16H2,1-2,4-6H3/q+1. The second-order valence-electron chi connectivity index (χ2n) is 7.40. The molecule has 0 saturated heterocycles. The molecule has 0 aromatic heterocycles. The van der Waals surface area contributed by atoms with Gasteiger partial charge in [0, 0.05) is 23.1 Å². The van der Waals surface area contributed by atoms with Crippen LogP contribution in [0.3, 0.4) is 0 Å². The van der Waals surface area contributed by atoms with Gasteiger partial charge in [-0.1, -0.05) is 68.4 Å². The minimum atomic E-state index is -0.217. The smallest absolute Gasteiger partial charge is 0.152 e. The SMILES string of the molecule is [CH2+]C(C)(c1ccccc1)c1ccc(C(C)(C)CN(C)C)cc1. The summed E-state index contributed by atoms with van der Waals surface area (Å²) in [6, 6.07) is 19.5. The second-order valence-corrected chi connectivity index (χ2v) is 7.40. The Balaban J connectivity index is 2.29. The molecule has 0 fully saturated rings. The molecular weight excluding hydrogens is 266 g/mol. The van der Waals surface area contributed by atoms with Gasteiger partial charge in [-0.2, -0.15) is 0 Å². The van der Waals surface area contributed by atoms with Gasteiger partial charge in [0.2, 0.25) is 0 Å². The van der Waals surface area contributed by atoms with Crippen molar-refractivity contribution in [1.29, 1.82) is 0 Å². The fourth-order valence-electron chi connectivity index (χ4n) is 3.14. The number of hydrogen-bond donors (Lipinski definition) is 0. The highest BCUT2D eigenvalue weighted by molar-refractivity contribution is 5.41. The Morgan fingerprint density at radius 1 is 0.773 bits per heavy atom. The molecule has 0 amide bonds. The lowest BCUT2D eigenvalue weighted by Crippen LogP contribution is -2.32. The fraction of sp³-hybridized carbons (Fsp3) is 0.381. The molecule has 1 heteroatoms. The quantitative estimate of drug-likeness (QED) is 0.725. The topological polar surface area (TPSA) is 3.24 Å². The van der Waals surface area contributed by atoms with Gasteiger partial charge in [0.05, 0.1) is 6.92 Å². The molecule has 0 bridgehead atoms. The Morgan fingerprint density at radius 3 is 1.73 bits per heavy atom. The Hall–Kier alpha value is -1.73. The summed E-state index contributed by atoms with van der Waals surface area (Å²) in [7, 11) is 4.25. The molecule has 0 aliphatic rings. The number of nitrogens with zero attached hydrogens (tertiary/aromatic N) is 1. The van der Waals surface area contributed by atoms with Gasteiger partial charge < -0.3 is 4.90 Å². The molecule has 22 heavy (non-hydrogen) atoms. The van der Waals surface area contributed by atoms with E-state index in [0.717, 1.165) is 6.54 Å². The molecule has 0 N–H and O–H groups in total. The Morgan fingerprint density at radius 2 is 1.23 bits per heavy atom. The first kappa shape index (κ1) is 16.6. The zero-order valence-corrected chi connectivity index (χ0v) is 14.6. The molecule has 0 aliphatic carbocycles. The summed E-state index contributed by atoms with van der Waals surface area (Å²) in [6.07, 6.45) is 0. The van der Waals surface area contributed by atoms with E-state index in [4.69, 9.17) is 0 Å². The molecule has 0 radical (unpaired) electrons. The van der Waals surface area contributed by atoms with Gasteiger partial charge in [-0.3, -0.25) is 0 Å². The van der Waals surface area contributed by atoms with Crippen LogP contribution in [0.5, 0.6) is 0 Å². The minimum absolute atomic E-state index is 0.145. The van der Waals surface area contributed by atoms with Crippen LogP contribution in [0, 0.1) is 6.92 Å². The first-order valence-corrected chi connectivity index (χ1v) is 7.90. The van der Waals surface area contributed by atoms with Crippen molar-refractivity contribution >= 4 is 0 Å². The van der Waals surface area contributed by atoms with E-state index < -0.39 is 0 Å². The maximum absolute atomic E-state index is 4.44. The van der Waals surface area contributed by atoms with E-state index in [1.165, 1.54) is 16.7 Å². The van der Waals surface area contributed by atoms with Gasteiger partial charge in [0.1, 0.15) is 0 Å². The summed E-state index contributed by atoms with van der Waals surface area (Å²) in [5.41, 5.74) is 3.80. The lowest BCUT2D eigenvalue weighted by molar-refractivity contribution is 0.315. The third kappa shape index (κ3) is 3.53. The minimum Gasteiger partial charge on any atom is -0.309 e. The molecule has 2 aromatic rings. The van der Waals surface area contributed by atoms with Crippen molar-refractivity contribution in [3.05, 3.63) is 78.2 Å². The summed E-state index contributed by atoms with van der Waals surface area (Å²) >= 11 is 0. The Kier molecular flexibility index (Phi) is 4.67. The van der Waals surface area contributed by atoms with Crippen LogP contribution in [0.4, 0.5) is 0 Å². The third-order valence-electron chi connectivity index (χ3n) is 4.43. The maximum atomic E-state index is 4.44. The van der Waals surface area contributed by atoms with E-state index in [2.05, 4.69) is 95.2 Å². The zero-order chi connectivity index (χ0) is 16.4. The Bertz CT molecular complexity index is 592. The van der Waals surface area contributed by atoms with Crippen LogP contribution in [0.25, 0.3) is 0 Å². The summed E-state index contributed by atoms with van der Waals surface area (Å²) in [4.78, 5) is 2.24. The van der Waals surface area contributed by atoms with E-state index in [9.17, 15) is 0 Å². The van der Waals surface area contributed by atoms with Gasteiger partial charge in [-0.15, -0.1) is 0 Å². The highest BCUT2D eigenvalue weighted by Crippen LogP contribution is 2.32. The van der Waals surface area contributed by atoms with Crippen LogP contribution in [0.2, 0.25) is 0 Å². The molecule has 0 saturated carbocycles. The highest BCUT2D eigenvalue weighted by Gasteiger charge is 2.31. The Labute approximate surface area is 136 Å². The van der Waals surface area contributed by atoms with Crippen molar-refractivity contribution in [2.24, 2.45) is 0 Å². The van der Waals surface area contributed by atoms with Crippen LogP contribution in [-0.4, -0.2) is 25.5 Å². The summed E-state index contributed by atoms with van der Waals surface area (Å²) < 4.78 is 0. The van der Waals surface area contributed by atoms with Gasteiger partial charge in [0.15, 0.2) is 5.41 Å². The second kappa shape index (κ2) is 6.18. The lowest BCUT2D eigenvalue weighted by Gasteiger charge is -2.29. The van der Waals surface area contributed by atoms with Crippen molar-refractivity contribution in [2.75, 3.05) is 20.6 Å². The normalized spacial score (nSPS) is 14.8.